The second-order valence-electron chi connectivity index (χ2n) is 15.2. The van der Waals surface area contributed by atoms with Crippen LogP contribution in [0.15, 0.2) is 186 Å². The van der Waals surface area contributed by atoms with Crippen LogP contribution in [0, 0.1) is 0 Å². The second-order valence-corrected chi connectivity index (χ2v) is 15.2. The molecule has 0 saturated heterocycles. The minimum absolute atomic E-state index is 0.303. The lowest BCUT2D eigenvalue weighted by molar-refractivity contribution is 0.656. The second kappa shape index (κ2) is 11.5. The Morgan fingerprint density at radius 3 is 2.14 bits per heavy atom. The maximum Gasteiger partial charge on any atom is 0.248 e. The summed E-state index contributed by atoms with van der Waals surface area (Å²) in [6, 6.07) is 59.3. The molecule has 11 aromatic rings. The molecular formula is C51H33N5O. The van der Waals surface area contributed by atoms with E-state index in [9.17, 15) is 0 Å². The zero-order valence-corrected chi connectivity index (χ0v) is 30.7. The quantitative estimate of drug-likeness (QED) is 0.181. The Labute approximate surface area is 327 Å². The summed E-state index contributed by atoms with van der Waals surface area (Å²) in [7, 11) is 0. The summed E-state index contributed by atoms with van der Waals surface area (Å²) in [6.45, 7) is 0. The molecule has 2 aliphatic rings. The summed E-state index contributed by atoms with van der Waals surface area (Å²) in [6.07, 6.45) is 7.80. The predicted molar refractivity (Wildman–Crippen MR) is 233 cm³/mol. The number of hydrogen-bond acceptors (Lipinski definition) is 3. The smallest absolute Gasteiger partial charge is 0.248 e. The summed E-state index contributed by atoms with van der Waals surface area (Å²) >= 11 is 0. The standard InChI is InChI=1S/C51H33N5O/c1-3-13-34(14-4-1)53-42-20-10-7-17-37(42)40-29-32(23-26-44(40)53)33-24-27-45-41(30-33)38-18-8-11-21-43(38)54(45)36-25-28-46-47(31-36)55(35-15-5-2-6-16-35)51-52-50-49(56(46)51)39-19-9-12-22-48(39)57-50/h1-19,21-31,42H,20H2. The topological polar surface area (TPSA) is 43.5 Å². The highest BCUT2D eigenvalue weighted by Gasteiger charge is 2.35. The van der Waals surface area contributed by atoms with E-state index in [1.807, 2.05) is 12.1 Å². The summed E-state index contributed by atoms with van der Waals surface area (Å²) in [4.78, 5) is 7.61. The van der Waals surface area contributed by atoms with Gasteiger partial charge >= 0.3 is 0 Å². The zero-order chi connectivity index (χ0) is 37.2. The number of imidazole rings is 2. The van der Waals surface area contributed by atoms with Crippen molar-refractivity contribution in [1.82, 2.24) is 18.5 Å². The molecule has 0 amide bonds. The first-order valence-electron chi connectivity index (χ1n) is 19.6. The lowest BCUT2D eigenvalue weighted by atomic mass is 9.93. The maximum absolute atomic E-state index is 6.27. The van der Waals surface area contributed by atoms with E-state index in [4.69, 9.17) is 9.40 Å². The molecule has 5 heterocycles. The Balaban J connectivity index is 0.997. The third kappa shape index (κ3) is 4.27. The van der Waals surface area contributed by atoms with Crippen LogP contribution in [0.25, 0.3) is 88.9 Å². The summed E-state index contributed by atoms with van der Waals surface area (Å²) < 4.78 is 13.2. The van der Waals surface area contributed by atoms with Gasteiger partial charge in [0.2, 0.25) is 11.5 Å². The predicted octanol–water partition coefficient (Wildman–Crippen LogP) is 12.8. The number of furan rings is 1. The van der Waals surface area contributed by atoms with E-state index in [1.165, 1.54) is 55.4 Å². The number of para-hydroxylation sites is 4. The van der Waals surface area contributed by atoms with Gasteiger partial charge in [0, 0.05) is 44.5 Å². The Morgan fingerprint density at radius 1 is 0.544 bits per heavy atom. The van der Waals surface area contributed by atoms with Gasteiger partial charge in [0.15, 0.2) is 0 Å². The van der Waals surface area contributed by atoms with Crippen molar-refractivity contribution in [2.75, 3.05) is 4.90 Å². The molecule has 268 valence electrons. The molecule has 1 aliphatic carbocycles. The van der Waals surface area contributed by atoms with Crippen molar-refractivity contribution in [3.8, 4) is 22.5 Å². The first-order valence-corrected chi connectivity index (χ1v) is 19.6. The van der Waals surface area contributed by atoms with E-state index in [0.29, 0.717) is 11.8 Å². The van der Waals surface area contributed by atoms with Gasteiger partial charge in [-0.15, -0.1) is 0 Å². The van der Waals surface area contributed by atoms with Crippen molar-refractivity contribution < 1.29 is 4.42 Å². The first-order chi connectivity index (χ1) is 28.3. The van der Waals surface area contributed by atoms with Crippen LogP contribution in [0.5, 0.6) is 0 Å². The average Bonchev–Trinajstić information content (AvgIpc) is 4.06. The van der Waals surface area contributed by atoms with Crippen LogP contribution in [0.1, 0.15) is 12.0 Å². The fourth-order valence-corrected chi connectivity index (χ4v) is 9.68. The van der Waals surface area contributed by atoms with Gasteiger partial charge in [0.1, 0.15) is 11.1 Å². The van der Waals surface area contributed by atoms with E-state index in [-0.39, 0.29) is 0 Å². The Kier molecular flexibility index (Phi) is 6.19. The summed E-state index contributed by atoms with van der Waals surface area (Å²) in [5.74, 6) is 0.826. The van der Waals surface area contributed by atoms with Crippen molar-refractivity contribution in [3.63, 3.8) is 0 Å². The number of allylic oxidation sites excluding steroid dienone is 2. The Morgan fingerprint density at radius 2 is 1.26 bits per heavy atom. The van der Waals surface area contributed by atoms with Crippen LogP contribution in [0.4, 0.5) is 11.4 Å². The SMILES string of the molecule is C1=CCC2C(=C1)c1cc(-c3ccc4c(c3)c3ccccc3n4-c3ccc4c(c3)n(-c3ccccc3)c3nc5oc6ccccc6c5n43)ccc1N2c1ccccc1. The Hall–Kier alpha value is -7.57. The van der Waals surface area contributed by atoms with Gasteiger partial charge in [-0.05, 0) is 108 Å². The number of hydrogen-bond donors (Lipinski definition) is 0. The third-order valence-corrected chi connectivity index (χ3v) is 12.1. The molecule has 0 spiro atoms. The number of rotatable bonds is 4. The number of aromatic nitrogens is 4. The number of benzene rings is 7. The fraction of sp³-hybridized carbons (Fsp3) is 0.0392. The lowest BCUT2D eigenvalue weighted by Gasteiger charge is -2.28. The molecule has 0 radical (unpaired) electrons. The van der Waals surface area contributed by atoms with Crippen molar-refractivity contribution >= 4 is 77.8 Å². The molecule has 13 rings (SSSR count). The van der Waals surface area contributed by atoms with E-state index < -0.39 is 0 Å². The first kappa shape index (κ1) is 30.7. The van der Waals surface area contributed by atoms with E-state index >= 15 is 0 Å². The van der Waals surface area contributed by atoms with Crippen molar-refractivity contribution in [1.29, 1.82) is 0 Å². The van der Waals surface area contributed by atoms with Gasteiger partial charge in [-0.3, -0.25) is 8.97 Å². The fourth-order valence-electron chi connectivity index (χ4n) is 9.68. The molecular weight excluding hydrogens is 699 g/mol. The molecule has 0 fully saturated rings. The average molecular weight is 732 g/mol. The number of anilines is 2. The largest absolute Gasteiger partial charge is 0.436 e. The summed E-state index contributed by atoms with van der Waals surface area (Å²) in [5.41, 5.74) is 16.7. The minimum Gasteiger partial charge on any atom is -0.436 e. The van der Waals surface area contributed by atoms with Gasteiger partial charge in [0.25, 0.3) is 0 Å². The molecule has 0 bridgehead atoms. The van der Waals surface area contributed by atoms with Crippen LogP contribution in [-0.4, -0.2) is 24.6 Å². The molecule has 1 atom stereocenters. The van der Waals surface area contributed by atoms with E-state index in [1.54, 1.807) is 0 Å². The highest BCUT2D eigenvalue weighted by Crippen LogP contribution is 2.49. The highest BCUT2D eigenvalue weighted by atomic mass is 16.3. The molecule has 57 heavy (non-hydrogen) atoms. The Bertz CT molecular complexity index is 3500. The highest BCUT2D eigenvalue weighted by molar-refractivity contribution is 6.11. The molecule has 1 unspecified atom stereocenters. The summed E-state index contributed by atoms with van der Waals surface area (Å²) in [5, 5.41) is 3.51. The molecule has 0 saturated carbocycles. The molecule has 0 N–H and O–H groups in total. The van der Waals surface area contributed by atoms with Crippen molar-refractivity contribution in [2.45, 2.75) is 12.5 Å². The van der Waals surface area contributed by atoms with Crippen LogP contribution in [0.3, 0.4) is 0 Å². The van der Waals surface area contributed by atoms with Gasteiger partial charge in [-0.2, -0.15) is 4.98 Å². The molecule has 7 aromatic carbocycles. The van der Waals surface area contributed by atoms with Gasteiger partial charge < -0.3 is 13.9 Å². The van der Waals surface area contributed by atoms with E-state index in [0.717, 1.165) is 51.1 Å². The van der Waals surface area contributed by atoms with Crippen molar-refractivity contribution in [3.05, 3.63) is 188 Å². The lowest BCUT2D eigenvalue weighted by Crippen LogP contribution is -2.26. The van der Waals surface area contributed by atoms with Crippen LogP contribution < -0.4 is 4.90 Å². The van der Waals surface area contributed by atoms with Gasteiger partial charge in [0.05, 0.1) is 28.1 Å². The van der Waals surface area contributed by atoms with E-state index in [2.05, 4.69) is 188 Å². The van der Waals surface area contributed by atoms with Gasteiger partial charge in [-0.1, -0.05) is 97.1 Å². The molecule has 1 aliphatic heterocycles. The normalized spacial score (nSPS) is 15.1. The van der Waals surface area contributed by atoms with Gasteiger partial charge in [-0.25, -0.2) is 0 Å². The molecule has 6 nitrogen and oxygen atoms in total. The number of nitrogens with zero attached hydrogens (tertiary/aromatic N) is 5. The van der Waals surface area contributed by atoms with Crippen LogP contribution >= 0.6 is 0 Å². The van der Waals surface area contributed by atoms with Crippen LogP contribution in [-0.2, 0) is 0 Å². The minimum atomic E-state index is 0.303. The molecule has 4 aromatic heterocycles. The monoisotopic (exact) mass is 731 g/mol. The maximum atomic E-state index is 6.27. The number of fused-ring (bicyclic) bond motifs is 13. The van der Waals surface area contributed by atoms with Crippen molar-refractivity contribution in [2.24, 2.45) is 0 Å². The molecule has 6 heteroatoms. The third-order valence-electron chi connectivity index (χ3n) is 12.1. The van der Waals surface area contributed by atoms with Crippen LogP contribution in [0.2, 0.25) is 0 Å². The zero-order valence-electron chi connectivity index (χ0n) is 30.7.